The monoisotopic (exact) mass is 289 g/mol. The Morgan fingerprint density at radius 1 is 1.44 bits per heavy atom. The minimum atomic E-state index is -0.384. The minimum absolute atomic E-state index is 0.384. The van der Waals surface area contributed by atoms with E-state index in [4.69, 9.17) is 4.74 Å². The molecule has 1 unspecified atom stereocenters. The number of aliphatic hydroxyl groups is 1. The second-order valence-electron chi connectivity index (χ2n) is 3.95. The summed E-state index contributed by atoms with van der Waals surface area (Å²) in [5.74, 6) is 0. The number of aromatic nitrogens is 2. The zero-order valence-electron chi connectivity index (χ0n) is 9.05. The topological polar surface area (TPSA) is 50.5 Å². The summed E-state index contributed by atoms with van der Waals surface area (Å²) in [7, 11) is 0. The third-order valence-electron chi connectivity index (χ3n) is 2.57. The largest absolute Gasteiger partial charge is 0.390 e. The van der Waals surface area contributed by atoms with Crippen LogP contribution in [0.5, 0.6) is 0 Å². The molecule has 90 valence electrons. The Balaban J connectivity index is 1.77. The smallest absolute Gasteiger partial charge is 0.0862 e. The Morgan fingerprint density at radius 3 is 2.81 bits per heavy atom. The fourth-order valence-electron chi connectivity index (χ4n) is 1.79. The first-order chi connectivity index (χ1) is 7.74. The van der Waals surface area contributed by atoms with Gasteiger partial charge in [0.05, 0.1) is 36.5 Å². The van der Waals surface area contributed by atoms with Gasteiger partial charge >= 0.3 is 0 Å². The summed E-state index contributed by atoms with van der Waals surface area (Å²) in [6.07, 6.45) is 3.20. The second-order valence-corrected chi connectivity index (χ2v) is 4.86. The summed E-state index contributed by atoms with van der Waals surface area (Å²) in [5, 5.41) is 14.0. The van der Waals surface area contributed by atoms with Crippen LogP contribution in [0.25, 0.3) is 0 Å². The molecule has 2 heterocycles. The molecule has 0 saturated carbocycles. The number of β-amino-alcohol motifs (C(OH)–C–C–N with tert-alkyl or cyclic N) is 1. The lowest BCUT2D eigenvalue weighted by atomic mass is 10.3. The number of ether oxygens (including phenoxy) is 1. The number of halogens is 1. The third kappa shape index (κ3) is 3.55. The number of rotatable bonds is 4. The van der Waals surface area contributed by atoms with Gasteiger partial charge in [-0.15, -0.1) is 0 Å². The van der Waals surface area contributed by atoms with Crippen molar-refractivity contribution < 1.29 is 9.84 Å². The summed E-state index contributed by atoms with van der Waals surface area (Å²) in [6.45, 7) is 4.55. The molecule has 0 aromatic carbocycles. The molecule has 0 aliphatic carbocycles. The van der Waals surface area contributed by atoms with Crippen LogP contribution < -0.4 is 0 Å². The minimum Gasteiger partial charge on any atom is -0.390 e. The van der Waals surface area contributed by atoms with Crippen LogP contribution in [0.2, 0.25) is 0 Å². The van der Waals surface area contributed by atoms with E-state index in [1.165, 1.54) is 0 Å². The van der Waals surface area contributed by atoms with Crippen molar-refractivity contribution >= 4 is 15.9 Å². The SMILES string of the molecule is OC(CN1CCOCC1)Cn1cc(Br)cn1. The van der Waals surface area contributed by atoms with Gasteiger partial charge in [-0.05, 0) is 15.9 Å². The molecule has 1 aliphatic rings. The zero-order valence-corrected chi connectivity index (χ0v) is 10.6. The molecule has 6 heteroatoms. The maximum absolute atomic E-state index is 9.91. The van der Waals surface area contributed by atoms with Gasteiger partial charge in [0, 0.05) is 25.8 Å². The van der Waals surface area contributed by atoms with Crippen LogP contribution in [0.15, 0.2) is 16.9 Å². The van der Waals surface area contributed by atoms with Crippen molar-refractivity contribution in [1.29, 1.82) is 0 Å². The molecule has 2 rings (SSSR count). The van der Waals surface area contributed by atoms with Gasteiger partial charge in [0.25, 0.3) is 0 Å². The summed E-state index contributed by atoms with van der Waals surface area (Å²) in [6, 6.07) is 0. The molecular weight excluding hydrogens is 274 g/mol. The van der Waals surface area contributed by atoms with E-state index in [0.29, 0.717) is 13.1 Å². The van der Waals surface area contributed by atoms with Crippen molar-refractivity contribution in [2.45, 2.75) is 12.6 Å². The number of morpholine rings is 1. The molecule has 1 aromatic heterocycles. The van der Waals surface area contributed by atoms with Gasteiger partial charge in [-0.25, -0.2) is 0 Å². The highest BCUT2D eigenvalue weighted by atomic mass is 79.9. The van der Waals surface area contributed by atoms with Crippen LogP contribution in [-0.4, -0.2) is 58.7 Å². The van der Waals surface area contributed by atoms with Crippen molar-refractivity contribution in [2.75, 3.05) is 32.8 Å². The maximum atomic E-state index is 9.91. The molecule has 1 N–H and O–H groups in total. The first-order valence-corrected chi connectivity index (χ1v) is 6.19. The standard InChI is InChI=1S/C10H16BrN3O2/c11-9-5-12-14(6-9)8-10(15)7-13-1-3-16-4-2-13/h5-6,10,15H,1-4,7-8H2. The summed E-state index contributed by atoms with van der Waals surface area (Å²) < 4.78 is 7.94. The lowest BCUT2D eigenvalue weighted by Crippen LogP contribution is -2.42. The number of nitrogens with zero attached hydrogens (tertiary/aromatic N) is 3. The molecule has 0 spiro atoms. The van der Waals surface area contributed by atoms with Crippen LogP contribution >= 0.6 is 15.9 Å². The van der Waals surface area contributed by atoms with Crippen LogP contribution in [0.4, 0.5) is 0 Å². The van der Waals surface area contributed by atoms with Crippen molar-refractivity contribution in [3.05, 3.63) is 16.9 Å². The Kier molecular flexibility index (Phi) is 4.34. The number of hydrogen-bond acceptors (Lipinski definition) is 4. The van der Waals surface area contributed by atoms with Crippen LogP contribution in [0, 0.1) is 0 Å². The third-order valence-corrected chi connectivity index (χ3v) is 2.98. The van der Waals surface area contributed by atoms with Gasteiger partial charge in [0.15, 0.2) is 0 Å². The van der Waals surface area contributed by atoms with E-state index in [0.717, 1.165) is 30.8 Å². The molecule has 5 nitrogen and oxygen atoms in total. The van der Waals surface area contributed by atoms with Gasteiger partial charge in [-0.3, -0.25) is 9.58 Å². The summed E-state index contributed by atoms with van der Waals surface area (Å²) in [5.41, 5.74) is 0. The van der Waals surface area contributed by atoms with Gasteiger partial charge in [-0.2, -0.15) is 5.10 Å². The molecule has 1 aromatic rings. The molecule has 1 aliphatic heterocycles. The van der Waals surface area contributed by atoms with E-state index < -0.39 is 0 Å². The molecule has 1 fully saturated rings. The first-order valence-electron chi connectivity index (χ1n) is 5.40. The van der Waals surface area contributed by atoms with Gasteiger partial charge in [-0.1, -0.05) is 0 Å². The fourth-order valence-corrected chi connectivity index (χ4v) is 2.12. The predicted molar refractivity (Wildman–Crippen MR) is 63.2 cm³/mol. The van der Waals surface area contributed by atoms with Crippen molar-refractivity contribution in [3.8, 4) is 0 Å². The quantitative estimate of drug-likeness (QED) is 0.869. The van der Waals surface area contributed by atoms with Crippen LogP contribution in [0.3, 0.4) is 0 Å². The highest BCUT2D eigenvalue weighted by Gasteiger charge is 2.15. The Labute approximate surface area is 103 Å². The second kappa shape index (κ2) is 5.77. The van der Waals surface area contributed by atoms with E-state index in [2.05, 4.69) is 25.9 Å². The molecule has 1 atom stereocenters. The zero-order chi connectivity index (χ0) is 11.4. The van der Waals surface area contributed by atoms with E-state index in [9.17, 15) is 5.11 Å². The average molecular weight is 290 g/mol. The van der Waals surface area contributed by atoms with E-state index in [1.807, 2.05) is 6.20 Å². The number of hydrogen-bond donors (Lipinski definition) is 1. The molecule has 0 amide bonds. The van der Waals surface area contributed by atoms with Crippen LogP contribution in [0.1, 0.15) is 0 Å². The van der Waals surface area contributed by atoms with Gasteiger partial charge in [0.2, 0.25) is 0 Å². The van der Waals surface area contributed by atoms with Crippen molar-refractivity contribution in [1.82, 2.24) is 14.7 Å². The molecule has 1 saturated heterocycles. The first kappa shape index (κ1) is 12.0. The van der Waals surface area contributed by atoms with Gasteiger partial charge in [0.1, 0.15) is 0 Å². The number of aliphatic hydroxyl groups excluding tert-OH is 1. The highest BCUT2D eigenvalue weighted by Crippen LogP contribution is 2.07. The Morgan fingerprint density at radius 2 is 2.19 bits per heavy atom. The Bertz CT molecular complexity index is 326. The lowest BCUT2D eigenvalue weighted by molar-refractivity contribution is 0.0108. The molecule has 0 bridgehead atoms. The maximum Gasteiger partial charge on any atom is 0.0862 e. The Hall–Kier alpha value is -0.430. The molecule has 16 heavy (non-hydrogen) atoms. The summed E-state index contributed by atoms with van der Waals surface area (Å²) in [4.78, 5) is 2.21. The van der Waals surface area contributed by atoms with Crippen LogP contribution in [-0.2, 0) is 11.3 Å². The van der Waals surface area contributed by atoms with Gasteiger partial charge < -0.3 is 9.84 Å². The van der Waals surface area contributed by atoms with E-state index in [1.54, 1.807) is 10.9 Å². The van der Waals surface area contributed by atoms with E-state index in [-0.39, 0.29) is 6.10 Å². The summed E-state index contributed by atoms with van der Waals surface area (Å²) >= 11 is 3.33. The van der Waals surface area contributed by atoms with Crippen molar-refractivity contribution in [3.63, 3.8) is 0 Å². The normalized spacial score (nSPS) is 19.9. The predicted octanol–water partition coefficient (Wildman–Crippen LogP) is 0.339. The van der Waals surface area contributed by atoms with E-state index >= 15 is 0 Å². The highest BCUT2D eigenvalue weighted by molar-refractivity contribution is 9.10. The average Bonchev–Trinajstić information content (AvgIpc) is 2.65. The fraction of sp³-hybridized carbons (Fsp3) is 0.700. The lowest BCUT2D eigenvalue weighted by Gasteiger charge is -2.28. The molecular formula is C10H16BrN3O2. The molecule has 0 radical (unpaired) electrons. The van der Waals surface area contributed by atoms with Crippen molar-refractivity contribution in [2.24, 2.45) is 0 Å².